The second-order valence-electron chi connectivity index (χ2n) is 9.84. The molecule has 0 saturated carbocycles. The monoisotopic (exact) mass is 525 g/mol. The van der Waals surface area contributed by atoms with Crippen molar-refractivity contribution in [2.24, 2.45) is 11.7 Å². The third-order valence-electron chi connectivity index (χ3n) is 6.94. The first kappa shape index (κ1) is 28.2. The molecule has 11 heteroatoms. The van der Waals surface area contributed by atoms with Gasteiger partial charge in [-0.2, -0.15) is 0 Å². The minimum absolute atomic E-state index is 0.189. The van der Waals surface area contributed by atoms with E-state index in [1.165, 1.54) is 0 Å². The molecule has 2 heterocycles. The molecule has 2 aliphatic rings. The molecule has 2 fully saturated rings. The van der Waals surface area contributed by atoms with Crippen LogP contribution in [0.25, 0.3) is 0 Å². The van der Waals surface area contributed by atoms with Gasteiger partial charge in [0.15, 0.2) is 15.9 Å². The summed E-state index contributed by atoms with van der Waals surface area (Å²) < 4.78 is 41.7. The summed E-state index contributed by atoms with van der Waals surface area (Å²) in [6, 6.07) is 6.70. The van der Waals surface area contributed by atoms with Crippen LogP contribution in [-0.2, 0) is 30.5 Å². The van der Waals surface area contributed by atoms with E-state index in [0.717, 1.165) is 33.0 Å². The lowest BCUT2D eigenvalue weighted by Crippen LogP contribution is -2.57. The maximum absolute atomic E-state index is 12.8. The summed E-state index contributed by atoms with van der Waals surface area (Å²) in [6.07, 6.45) is 2.35. The molecule has 2 unspecified atom stereocenters. The average Bonchev–Trinajstić information content (AvgIpc) is 3.21. The summed E-state index contributed by atoms with van der Waals surface area (Å²) in [4.78, 5) is 26.5. The number of amides is 1. The van der Waals surface area contributed by atoms with Gasteiger partial charge in [-0.05, 0) is 63.0 Å². The number of carbonyl (C=O) groups is 2. The number of ether oxygens (including phenoxy) is 3. The van der Waals surface area contributed by atoms with Crippen LogP contribution in [0.3, 0.4) is 0 Å². The maximum atomic E-state index is 12.8. The molecule has 2 aliphatic heterocycles. The van der Waals surface area contributed by atoms with Crippen molar-refractivity contribution in [2.45, 2.75) is 50.0 Å². The topological polar surface area (TPSA) is 128 Å². The molecular weight excluding hydrogens is 486 g/mol. The first-order valence-corrected chi connectivity index (χ1v) is 14.2. The zero-order chi connectivity index (χ0) is 26.3. The summed E-state index contributed by atoms with van der Waals surface area (Å²) in [6.45, 7) is 5.37. The lowest BCUT2D eigenvalue weighted by Gasteiger charge is -2.30. The van der Waals surface area contributed by atoms with Crippen LogP contribution in [0.2, 0.25) is 0 Å². The molecule has 202 valence electrons. The highest BCUT2D eigenvalue weighted by Crippen LogP contribution is 2.24. The van der Waals surface area contributed by atoms with Crippen molar-refractivity contribution >= 4 is 21.9 Å². The zero-order valence-corrected chi connectivity index (χ0v) is 22.3. The van der Waals surface area contributed by atoms with Gasteiger partial charge in [-0.25, -0.2) is 18.0 Å². The van der Waals surface area contributed by atoms with E-state index >= 15 is 0 Å². The number of sulfone groups is 1. The van der Waals surface area contributed by atoms with E-state index in [1.54, 1.807) is 29.2 Å². The third kappa shape index (κ3) is 6.89. The van der Waals surface area contributed by atoms with Gasteiger partial charge in [0.2, 0.25) is 4.87 Å². The molecule has 0 radical (unpaired) electrons. The number of nitrogens with two attached hydrogens (primary N) is 1. The highest BCUT2D eigenvalue weighted by atomic mass is 32.2. The second kappa shape index (κ2) is 12.2. The largest absolute Gasteiger partial charge is 0.490 e. The van der Waals surface area contributed by atoms with Gasteiger partial charge in [-0.15, -0.1) is 0 Å². The molecule has 0 aromatic heterocycles. The van der Waals surface area contributed by atoms with E-state index in [2.05, 4.69) is 11.9 Å². The van der Waals surface area contributed by atoms with Crippen LogP contribution >= 0.6 is 0 Å². The molecule has 0 spiro atoms. The van der Waals surface area contributed by atoms with Crippen LogP contribution in [0.5, 0.6) is 5.75 Å². The molecular formula is C25H39N3O7S. The van der Waals surface area contributed by atoms with Gasteiger partial charge in [0.25, 0.3) is 0 Å². The van der Waals surface area contributed by atoms with Gasteiger partial charge < -0.3 is 29.7 Å². The van der Waals surface area contributed by atoms with E-state index in [-0.39, 0.29) is 31.0 Å². The first-order valence-electron chi connectivity index (χ1n) is 12.5. The van der Waals surface area contributed by atoms with Crippen molar-refractivity contribution in [1.29, 1.82) is 0 Å². The van der Waals surface area contributed by atoms with Crippen LogP contribution in [0.15, 0.2) is 24.3 Å². The van der Waals surface area contributed by atoms with Gasteiger partial charge in [-0.3, -0.25) is 0 Å². The average molecular weight is 526 g/mol. The van der Waals surface area contributed by atoms with E-state index in [4.69, 9.17) is 19.9 Å². The lowest BCUT2D eigenvalue weighted by atomic mass is 9.96. The molecule has 3 rings (SSSR count). The van der Waals surface area contributed by atoms with Gasteiger partial charge in [0.05, 0.1) is 19.4 Å². The second-order valence-corrected chi connectivity index (χ2v) is 12.2. The zero-order valence-electron chi connectivity index (χ0n) is 21.5. The predicted octanol–water partition coefficient (Wildman–Crippen LogP) is 1.81. The Morgan fingerprint density at radius 2 is 1.89 bits per heavy atom. The summed E-state index contributed by atoms with van der Waals surface area (Å²) in [5.41, 5.74) is 6.69. The summed E-state index contributed by atoms with van der Waals surface area (Å²) in [5.74, 6) is -0.137. The fourth-order valence-corrected chi connectivity index (χ4v) is 6.32. The Balaban J connectivity index is 1.54. The van der Waals surface area contributed by atoms with Crippen LogP contribution in [0.1, 0.15) is 38.2 Å². The summed E-state index contributed by atoms with van der Waals surface area (Å²) >= 11 is 0. The standard InChI is InChI=1S/C25H39N3O7S/c1-4-5-14-36(31,32)25(26,23(29)33-3)15-19-6-8-21(9-7-19)34-18-22-17-28(24(30)35-22)16-20-10-12-27(2)13-11-20/h6-9,20,22H,4-5,10-18,26H2,1-3H3. The molecule has 1 amide bonds. The fraction of sp³-hybridized carbons (Fsp3) is 0.680. The van der Waals surface area contributed by atoms with Crippen LogP contribution in [0, 0.1) is 5.92 Å². The predicted molar refractivity (Wildman–Crippen MR) is 135 cm³/mol. The van der Waals surface area contributed by atoms with Gasteiger partial charge in [0, 0.05) is 13.0 Å². The number of likely N-dealkylation sites (tertiary alicyclic amines) is 1. The highest BCUT2D eigenvalue weighted by Gasteiger charge is 2.48. The number of rotatable bonds is 12. The number of hydrogen-bond donors (Lipinski definition) is 1. The smallest absolute Gasteiger partial charge is 0.410 e. The molecule has 2 N–H and O–H groups in total. The van der Waals surface area contributed by atoms with Crippen LogP contribution in [-0.4, -0.2) is 94.0 Å². The number of esters is 1. The van der Waals surface area contributed by atoms with E-state index in [0.29, 0.717) is 43.2 Å². The van der Waals surface area contributed by atoms with Crippen molar-refractivity contribution in [3.8, 4) is 5.75 Å². The van der Waals surface area contributed by atoms with Crippen molar-refractivity contribution in [3.05, 3.63) is 29.8 Å². The van der Waals surface area contributed by atoms with Crippen LogP contribution in [0.4, 0.5) is 4.79 Å². The Bertz CT molecular complexity index is 993. The maximum Gasteiger partial charge on any atom is 0.410 e. The van der Waals surface area contributed by atoms with Crippen molar-refractivity contribution in [3.63, 3.8) is 0 Å². The van der Waals surface area contributed by atoms with E-state index < -0.39 is 20.7 Å². The SMILES string of the molecule is CCCCS(=O)(=O)C(N)(Cc1ccc(OCC2CN(CC3CCN(C)CC3)C(=O)O2)cc1)C(=O)OC. The Labute approximate surface area is 214 Å². The third-order valence-corrected chi connectivity index (χ3v) is 9.19. The van der Waals surface area contributed by atoms with E-state index in [1.807, 2.05) is 6.92 Å². The molecule has 0 aliphatic carbocycles. The number of cyclic esters (lactones) is 1. The van der Waals surface area contributed by atoms with Crippen LogP contribution < -0.4 is 10.5 Å². The number of methoxy groups -OCH3 is 1. The van der Waals surface area contributed by atoms with Gasteiger partial charge in [-0.1, -0.05) is 25.5 Å². The quantitative estimate of drug-likeness (QED) is 0.406. The Morgan fingerprint density at radius 1 is 1.22 bits per heavy atom. The summed E-state index contributed by atoms with van der Waals surface area (Å²) in [5, 5.41) is 0. The number of piperidine rings is 1. The number of hydrogen-bond acceptors (Lipinski definition) is 9. The molecule has 2 saturated heterocycles. The van der Waals surface area contributed by atoms with Crippen molar-refractivity contribution in [2.75, 3.05) is 52.7 Å². The van der Waals surface area contributed by atoms with Gasteiger partial charge in [0.1, 0.15) is 12.4 Å². The fourth-order valence-electron chi connectivity index (χ4n) is 4.56. The lowest BCUT2D eigenvalue weighted by molar-refractivity contribution is -0.143. The first-order chi connectivity index (χ1) is 17.1. The molecule has 0 bridgehead atoms. The minimum atomic E-state index is -3.93. The van der Waals surface area contributed by atoms with E-state index in [9.17, 15) is 18.0 Å². The number of benzene rings is 1. The summed E-state index contributed by atoms with van der Waals surface area (Å²) in [7, 11) is -0.694. The normalized spacial score (nSPS) is 21.2. The Morgan fingerprint density at radius 3 is 2.50 bits per heavy atom. The molecule has 1 aromatic carbocycles. The highest BCUT2D eigenvalue weighted by molar-refractivity contribution is 7.93. The van der Waals surface area contributed by atoms with Gasteiger partial charge >= 0.3 is 12.1 Å². The minimum Gasteiger partial charge on any atom is -0.490 e. The molecule has 2 atom stereocenters. The Hall–Kier alpha value is -2.37. The molecule has 36 heavy (non-hydrogen) atoms. The number of unbranched alkanes of at least 4 members (excludes halogenated alkanes) is 1. The number of nitrogens with zero attached hydrogens (tertiary/aromatic N) is 2. The van der Waals surface area contributed by atoms with Crippen molar-refractivity contribution < 1.29 is 32.2 Å². The Kier molecular flexibility index (Phi) is 9.59. The molecule has 10 nitrogen and oxygen atoms in total. The van der Waals surface area contributed by atoms with Crippen molar-refractivity contribution in [1.82, 2.24) is 9.80 Å². The molecule has 1 aromatic rings. The number of carbonyl (C=O) groups excluding carboxylic acids is 2.